The van der Waals surface area contributed by atoms with E-state index >= 15 is 0 Å². The average molecular weight is 402 g/mol. The number of ether oxygens (including phenoxy) is 1. The van der Waals surface area contributed by atoms with Crippen LogP contribution in [0.3, 0.4) is 0 Å². The molecule has 0 heterocycles. The summed E-state index contributed by atoms with van der Waals surface area (Å²) in [5.74, 6) is 0.613. The first-order chi connectivity index (χ1) is 8.89. The Balaban J connectivity index is 0. The van der Waals surface area contributed by atoms with Gasteiger partial charge >= 0.3 is 6.09 Å². The van der Waals surface area contributed by atoms with Gasteiger partial charge in [-0.3, -0.25) is 4.99 Å². The van der Waals surface area contributed by atoms with Crippen molar-refractivity contribution in [1.82, 2.24) is 16.0 Å². The van der Waals surface area contributed by atoms with Crippen LogP contribution in [0.15, 0.2) is 4.99 Å². The molecule has 0 aliphatic heterocycles. The molecule has 0 aromatic carbocycles. The van der Waals surface area contributed by atoms with Crippen molar-refractivity contribution in [3.63, 3.8) is 0 Å². The second-order valence-corrected chi connectivity index (χ2v) is 4.84. The zero-order valence-corrected chi connectivity index (χ0v) is 15.0. The van der Waals surface area contributed by atoms with Gasteiger partial charge in [0.15, 0.2) is 5.96 Å². The van der Waals surface area contributed by atoms with Crippen LogP contribution in [-0.4, -0.2) is 55.5 Å². The number of carbonyl (C=O) groups excluding carboxylic acids is 1. The Kier molecular flexibility index (Phi) is 12.9. The number of nitrogens with one attached hydrogen (secondary N) is 3. The topological polar surface area (TPSA) is 95.0 Å². The number of carbonyl (C=O) groups is 1. The Morgan fingerprint density at radius 1 is 1.20 bits per heavy atom. The molecule has 7 nitrogen and oxygen atoms in total. The van der Waals surface area contributed by atoms with Crippen molar-refractivity contribution in [2.24, 2.45) is 4.99 Å². The average Bonchev–Trinajstić information content (AvgIpc) is 2.29. The Bertz CT molecular complexity index is 293. The van der Waals surface area contributed by atoms with Gasteiger partial charge in [-0.05, 0) is 27.7 Å². The Hall–Kier alpha value is -0.770. The fourth-order valence-electron chi connectivity index (χ4n) is 1.16. The second kappa shape index (κ2) is 12.0. The molecule has 0 radical (unpaired) electrons. The van der Waals surface area contributed by atoms with Crippen molar-refractivity contribution in [3.8, 4) is 0 Å². The molecule has 1 amide bonds. The third-order valence-electron chi connectivity index (χ3n) is 1.80. The number of nitrogens with zero attached hydrogens (tertiary/aromatic N) is 1. The minimum absolute atomic E-state index is 0. The molecule has 0 aliphatic carbocycles. The van der Waals surface area contributed by atoms with E-state index in [2.05, 4.69) is 20.9 Å². The molecule has 0 bridgehead atoms. The summed E-state index contributed by atoms with van der Waals surface area (Å²) in [7, 11) is 0. The van der Waals surface area contributed by atoms with E-state index in [9.17, 15) is 4.79 Å². The maximum Gasteiger partial charge on any atom is 0.407 e. The van der Waals surface area contributed by atoms with Crippen molar-refractivity contribution < 1.29 is 14.6 Å². The molecule has 0 atom stereocenters. The number of amides is 1. The van der Waals surface area contributed by atoms with E-state index in [4.69, 9.17) is 9.84 Å². The molecule has 0 fully saturated rings. The number of alkyl carbamates (subject to hydrolysis) is 1. The van der Waals surface area contributed by atoms with E-state index in [1.165, 1.54) is 0 Å². The normalized spacial score (nSPS) is 11.3. The highest BCUT2D eigenvalue weighted by Crippen LogP contribution is 2.05. The van der Waals surface area contributed by atoms with Crippen LogP contribution in [-0.2, 0) is 4.74 Å². The van der Waals surface area contributed by atoms with Gasteiger partial charge in [0.05, 0.1) is 13.2 Å². The number of aliphatic hydroxyl groups excluding tert-OH is 1. The lowest BCUT2D eigenvalue weighted by molar-refractivity contribution is 0.0529. The van der Waals surface area contributed by atoms with Crippen molar-refractivity contribution in [2.45, 2.75) is 33.3 Å². The van der Waals surface area contributed by atoms with Crippen LogP contribution in [0, 0.1) is 0 Å². The number of hydrogen-bond acceptors (Lipinski definition) is 4. The number of aliphatic hydroxyl groups is 1. The van der Waals surface area contributed by atoms with Gasteiger partial charge in [-0.15, -0.1) is 24.0 Å². The smallest absolute Gasteiger partial charge is 0.407 e. The van der Waals surface area contributed by atoms with E-state index in [1.807, 2.05) is 27.7 Å². The molecule has 0 saturated carbocycles. The molecule has 8 heteroatoms. The molecule has 0 rings (SSSR count). The highest BCUT2D eigenvalue weighted by atomic mass is 127. The van der Waals surface area contributed by atoms with Crippen molar-refractivity contribution in [3.05, 3.63) is 0 Å². The lowest BCUT2D eigenvalue weighted by Crippen LogP contribution is -2.42. The standard InChI is InChI=1S/C12H26N4O3.HI/c1-5-13-10(15-8-9-17)14-6-7-16-11(18)19-12(2,3)4;/h17H,5-9H2,1-4H3,(H,16,18)(H2,13,14,15);1H. The fourth-order valence-corrected chi connectivity index (χ4v) is 1.16. The number of hydrogen-bond donors (Lipinski definition) is 4. The van der Waals surface area contributed by atoms with Gasteiger partial charge in [-0.1, -0.05) is 0 Å². The summed E-state index contributed by atoms with van der Waals surface area (Å²) in [6, 6.07) is 0. The first kappa shape index (κ1) is 21.5. The fraction of sp³-hybridized carbons (Fsp3) is 0.833. The van der Waals surface area contributed by atoms with Gasteiger partial charge < -0.3 is 25.8 Å². The van der Waals surface area contributed by atoms with E-state index in [0.29, 0.717) is 25.6 Å². The van der Waals surface area contributed by atoms with Crippen LogP contribution in [0.1, 0.15) is 27.7 Å². The quantitative estimate of drug-likeness (QED) is 0.227. The van der Waals surface area contributed by atoms with E-state index in [0.717, 1.165) is 6.54 Å². The van der Waals surface area contributed by atoms with Crippen LogP contribution in [0.5, 0.6) is 0 Å². The first-order valence-corrected chi connectivity index (χ1v) is 6.49. The van der Waals surface area contributed by atoms with Crippen LogP contribution >= 0.6 is 24.0 Å². The molecule has 0 spiro atoms. The maximum absolute atomic E-state index is 11.4. The molecule has 0 unspecified atom stereocenters. The Labute approximate surface area is 138 Å². The number of halogens is 1. The van der Waals surface area contributed by atoms with Crippen LogP contribution in [0.25, 0.3) is 0 Å². The summed E-state index contributed by atoms with van der Waals surface area (Å²) in [6.45, 7) is 9.43. The lowest BCUT2D eigenvalue weighted by Gasteiger charge is -2.19. The van der Waals surface area contributed by atoms with E-state index in [1.54, 1.807) is 0 Å². The summed E-state index contributed by atoms with van der Waals surface area (Å²) >= 11 is 0. The van der Waals surface area contributed by atoms with Crippen LogP contribution < -0.4 is 16.0 Å². The molecule has 4 N–H and O–H groups in total. The first-order valence-electron chi connectivity index (χ1n) is 6.49. The van der Waals surface area contributed by atoms with E-state index < -0.39 is 11.7 Å². The van der Waals surface area contributed by atoms with Gasteiger partial charge in [-0.25, -0.2) is 4.79 Å². The van der Waals surface area contributed by atoms with Gasteiger partial charge in [0.1, 0.15) is 5.60 Å². The summed E-state index contributed by atoms with van der Waals surface area (Å²) < 4.78 is 5.10. The zero-order chi connectivity index (χ0) is 14.7. The molecular formula is C12H27IN4O3. The van der Waals surface area contributed by atoms with Gasteiger partial charge in [0.2, 0.25) is 0 Å². The SMILES string of the molecule is CCNC(=NCCO)NCCNC(=O)OC(C)(C)C.I. The lowest BCUT2D eigenvalue weighted by atomic mass is 10.2. The van der Waals surface area contributed by atoms with Crippen LogP contribution in [0.2, 0.25) is 0 Å². The summed E-state index contributed by atoms with van der Waals surface area (Å²) in [4.78, 5) is 15.5. The summed E-state index contributed by atoms with van der Waals surface area (Å²) in [5, 5.41) is 17.4. The molecular weight excluding hydrogens is 375 g/mol. The highest BCUT2D eigenvalue weighted by Gasteiger charge is 2.15. The van der Waals surface area contributed by atoms with Crippen molar-refractivity contribution in [2.75, 3.05) is 32.8 Å². The van der Waals surface area contributed by atoms with Crippen molar-refractivity contribution >= 4 is 36.0 Å². The molecule has 0 aromatic rings. The summed E-state index contributed by atoms with van der Waals surface area (Å²) in [6.07, 6.45) is -0.438. The second-order valence-electron chi connectivity index (χ2n) is 4.84. The molecule has 0 aromatic heterocycles. The Morgan fingerprint density at radius 2 is 1.80 bits per heavy atom. The number of rotatable bonds is 6. The van der Waals surface area contributed by atoms with Gasteiger partial charge in [0, 0.05) is 19.6 Å². The predicted octanol–water partition coefficient (Wildman–Crippen LogP) is 0.676. The maximum atomic E-state index is 11.4. The van der Waals surface area contributed by atoms with Gasteiger partial charge in [-0.2, -0.15) is 0 Å². The zero-order valence-electron chi connectivity index (χ0n) is 12.7. The molecule has 120 valence electrons. The largest absolute Gasteiger partial charge is 0.444 e. The number of aliphatic imine (C=N–C) groups is 1. The monoisotopic (exact) mass is 402 g/mol. The van der Waals surface area contributed by atoms with Gasteiger partial charge in [0.25, 0.3) is 0 Å². The molecule has 20 heavy (non-hydrogen) atoms. The number of guanidine groups is 1. The summed E-state index contributed by atoms with van der Waals surface area (Å²) in [5.41, 5.74) is -0.491. The highest BCUT2D eigenvalue weighted by molar-refractivity contribution is 14.0. The molecule has 0 saturated heterocycles. The Morgan fingerprint density at radius 3 is 2.30 bits per heavy atom. The van der Waals surface area contributed by atoms with Crippen molar-refractivity contribution in [1.29, 1.82) is 0 Å². The minimum Gasteiger partial charge on any atom is -0.444 e. The van der Waals surface area contributed by atoms with E-state index in [-0.39, 0.29) is 30.6 Å². The third-order valence-corrected chi connectivity index (χ3v) is 1.80. The van der Waals surface area contributed by atoms with Crippen LogP contribution in [0.4, 0.5) is 4.79 Å². The molecule has 0 aliphatic rings. The minimum atomic E-state index is -0.491. The third kappa shape index (κ3) is 13.7. The predicted molar refractivity (Wildman–Crippen MR) is 90.7 cm³/mol.